The molecule has 2 aliphatic heterocycles. The second kappa shape index (κ2) is 7.80. The zero-order valence-corrected chi connectivity index (χ0v) is 19.9. The molecule has 4 aliphatic rings. The quantitative estimate of drug-likeness (QED) is 0.600. The molecule has 2 aliphatic carbocycles. The Labute approximate surface area is 200 Å². The number of hydrogen-bond acceptors (Lipinski definition) is 7. The number of hydrogen-bond donors (Lipinski definition) is 0. The van der Waals surface area contributed by atoms with Gasteiger partial charge in [0.15, 0.2) is 11.0 Å². The highest BCUT2D eigenvalue weighted by molar-refractivity contribution is 6.30. The predicted molar refractivity (Wildman–Crippen MR) is 120 cm³/mol. The summed E-state index contributed by atoms with van der Waals surface area (Å²) in [7, 11) is 2.01. The van der Waals surface area contributed by atoms with Crippen molar-refractivity contribution in [3.05, 3.63) is 17.2 Å². The fourth-order valence-corrected chi connectivity index (χ4v) is 6.19. The lowest BCUT2D eigenvalue weighted by Gasteiger charge is -2.45. The van der Waals surface area contributed by atoms with Gasteiger partial charge in [0.2, 0.25) is 0 Å². The van der Waals surface area contributed by atoms with E-state index in [9.17, 15) is 13.2 Å². The second-order valence-corrected chi connectivity index (χ2v) is 10.8. The Bertz CT molecular complexity index is 1140. The van der Waals surface area contributed by atoms with E-state index in [-0.39, 0.29) is 29.2 Å². The number of halogens is 4. The number of pyridine rings is 1. The molecular weight excluding hydrogens is 471 g/mol. The van der Waals surface area contributed by atoms with Gasteiger partial charge in [0.1, 0.15) is 23.7 Å². The van der Waals surface area contributed by atoms with Crippen LogP contribution >= 0.6 is 11.6 Å². The topological polar surface area (TPSA) is 63.6 Å². The molecule has 2 saturated heterocycles. The highest BCUT2D eigenvalue weighted by Gasteiger charge is 2.67. The van der Waals surface area contributed by atoms with Gasteiger partial charge >= 0.3 is 6.01 Å². The molecule has 0 aromatic carbocycles. The molecule has 0 unspecified atom stereocenters. The Morgan fingerprint density at radius 3 is 2.85 bits per heavy atom. The first kappa shape index (κ1) is 22.5. The number of piperidine rings is 1. The molecule has 0 amide bonds. The third kappa shape index (κ3) is 3.36. The zero-order valence-electron chi connectivity index (χ0n) is 19.1. The molecule has 2 aromatic rings. The van der Waals surface area contributed by atoms with Gasteiger partial charge in [-0.3, -0.25) is 0 Å². The molecule has 11 heteroatoms. The van der Waals surface area contributed by atoms with Crippen molar-refractivity contribution in [1.29, 1.82) is 0 Å². The summed E-state index contributed by atoms with van der Waals surface area (Å²) in [5.41, 5.74) is -0.898. The fraction of sp³-hybridized carbons (Fsp3) is 0.696. The molecule has 6 rings (SSSR count). The predicted octanol–water partition coefficient (Wildman–Crippen LogP) is 3.44. The van der Waals surface area contributed by atoms with Crippen LogP contribution in [0.5, 0.6) is 6.01 Å². The van der Waals surface area contributed by atoms with Gasteiger partial charge in [0.05, 0.1) is 31.2 Å². The van der Waals surface area contributed by atoms with Gasteiger partial charge < -0.3 is 19.3 Å². The van der Waals surface area contributed by atoms with Gasteiger partial charge in [0, 0.05) is 36.0 Å². The van der Waals surface area contributed by atoms with Crippen molar-refractivity contribution in [3.8, 4) is 6.01 Å². The standard InChI is InChI=1S/C23H27ClF3N5O2/c1-22(10-31(2)4-3-23(22)7-14(23)25)11-34-21-29-17-12(8-28-19(24)16(17)27)20(30-21)32-5-6-33-9-13-15(26)18(13)32/h8,13-15,18H,3-7,9-11H2,1-2H3/t13-,14+,15-,18-,22-,23+/m0/s1. The lowest BCUT2D eigenvalue weighted by molar-refractivity contribution is -0.0163. The average molecular weight is 498 g/mol. The van der Waals surface area contributed by atoms with Crippen LogP contribution in [0.1, 0.15) is 19.8 Å². The van der Waals surface area contributed by atoms with E-state index in [0.717, 1.165) is 13.0 Å². The Balaban J connectivity index is 1.37. The first-order valence-corrected chi connectivity index (χ1v) is 12.1. The average Bonchev–Trinajstić information content (AvgIpc) is 3.68. The van der Waals surface area contributed by atoms with Crippen LogP contribution in [0.25, 0.3) is 10.9 Å². The number of likely N-dealkylation sites (tertiary alicyclic amines) is 1. The molecule has 2 aromatic heterocycles. The first-order chi connectivity index (χ1) is 16.2. The third-order valence-corrected chi connectivity index (χ3v) is 8.58. The summed E-state index contributed by atoms with van der Waals surface area (Å²) in [6, 6.07) is -0.444. The SMILES string of the molecule is CN1CC[C@]2(C[C@H]2F)[C@](C)(COc2nc(N3CCOC[C@H]4[C@H](F)[C@H]43)c3cnc(Cl)c(F)c3n2)C1. The van der Waals surface area contributed by atoms with Crippen LogP contribution in [0.3, 0.4) is 0 Å². The van der Waals surface area contributed by atoms with Crippen molar-refractivity contribution in [2.24, 2.45) is 16.7 Å². The molecular formula is C23H27ClF3N5O2. The van der Waals surface area contributed by atoms with E-state index in [0.29, 0.717) is 43.9 Å². The largest absolute Gasteiger partial charge is 0.463 e. The van der Waals surface area contributed by atoms with Crippen LogP contribution in [0.4, 0.5) is 19.0 Å². The van der Waals surface area contributed by atoms with E-state index >= 15 is 0 Å². The molecule has 184 valence electrons. The van der Waals surface area contributed by atoms with E-state index in [2.05, 4.69) is 19.9 Å². The summed E-state index contributed by atoms with van der Waals surface area (Å²) < 4.78 is 55.6. The van der Waals surface area contributed by atoms with Crippen LogP contribution < -0.4 is 9.64 Å². The van der Waals surface area contributed by atoms with Crippen molar-refractivity contribution >= 4 is 28.3 Å². The van der Waals surface area contributed by atoms with Gasteiger partial charge in [-0.1, -0.05) is 18.5 Å². The van der Waals surface area contributed by atoms with Gasteiger partial charge in [-0.05, 0) is 26.4 Å². The summed E-state index contributed by atoms with van der Waals surface area (Å²) in [5, 5.41) is 0.0214. The number of aromatic nitrogens is 3. The van der Waals surface area contributed by atoms with Crippen LogP contribution in [-0.2, 0) is 4.74 Å². The molecule has 2 saturated carbocycles. The van der Waals surface area contributed by atoms with Crippen molar-refractivity contribution in [2.75, 3.05) is 51.4 Å². The molecule has 0 radical (unpaired) electrons. The van der Waals surface area contributed by atoms with E-state index in [1.165, 1.54) is 6.20 Å². The van der Waals surface area contributed by atoms with Crippen LogP contribution in [0.15, 0.2) is 6.20 Å². The summed E-state index contributed by atoms with van der Waals surface area (Å²) in [6.45, 7) is 4.86. The molecule has 7 nitrogen and oxygen atoms in total. The van der Waals surface area contributed by atoms with Crippen LogP contribution in [0.2, 0.25) is 5.15 Å². The van der Waals surface area contributed by atoms with Crippen molar-refractivity contribution < 1.29 is 22.6 Å². The van der Waals surface area contributed by atoms with E-state index < -0.39 is 35.0 Å². The summed E-state index contributed by atoms with van der Waals surface area (Å²) in [6.07, 6.45) is 0.789. The Hall–Kier alpha value is -1.91. The van der Waals surface area contributed by atoms with E-state index in [4.69, 9.17) is 21.1 Å². The van der Waals surface area contributed by atoms with Gasteiger partial charge in [-0.15, -0.1) is 0 Å². The maximum atomic E-state index is 15.0. The Kier molecular flexibility index (Phi) is 5.17. The van der Waals surface area contributed by atoms with Crippen LogP contribution in [-0.4, -0.2) is 84.7 Å². The minimum atomic E-state index is -1.05. The lowest BCUT2D eigenvalue weighted by Crippen LogP contribution is -2.51. The number of rotatable bonds is 4. The first-order valence-electron chi connectivity index (χ1n) is 11.7. The Morgan fingerprint density at radius 1 is 1.29 bits per heavy atom. The number of nitrogens with zero attached hydrogens (tertiary/aromatic N) is 5. The third-order valence-electron chi connectivity index (χ3n) is 8.32. The molecule has 1 spiro atoms. The maximum absolute atomic E-state index is 15.0. The molecule has 0 bridgehead atoms. The van der Waals surface area contributed by atoms with E-state index in [1.54, 1.807) is 4.90 Å². The normalized spacial score (nSPS) is 37.5. The monoisotopic (exact) mass is 497 g/mol. The minimum absolute atomic E-state index is 0.0341. The van der Waals surface area contributed by atoms with Crippen molar-refractivity contribution in [1.82, 2.24) is 19.9 Å². The number of anilines is 1. The zero-order chi connectivity index (χ0) is 23.8. The van der Waals surface area contributed by atoms with Crippen LogP contribution in [0, 0.1) is 22.6 Å². The van der Waals surface area contributed by atoms with E-state index in [1.807, 2.05) is 14.0 Å². The highest BCUT2D eigenvalue weighted by atomic mass is 35.5. The summed E-state index contributed by atoms with van der Waals surface area (Å²) in [4.78, 5) is 16.8. The van der Waals surface area contributed by atoms with Crippen molar-refractivity contribution in [2.45, 2.75) is 38.2 Å². The minimum Gasteiger partial charge on any atom is -0.463 e. The summed E-state index contributed by atoms with van der Waals surface area (Å²) >= 11 is 5.93. The maximum Gasteiger partial charge on any atom is 0.319 e. The molecule has 34 heavy (non-hydrogen) atoms. The molecule has 0 N–H and O–H groups in total. The second-order valence-electron chi connectivity index (χ2n) is 10.5. The van der Waals surface area contributed by atoms with Gasteiger partial charge in [0.25, 0.3) is 0 Å². The highest BCUT2D eigenvalue weighted by Crippen LogP contribution is 2.64. The van der Waals surface area contributed by atoms with Gasteiger partial charge in [-0.2, -0.15) is 9.97 Å². The molecule has 4 heterocycles. The summed E-state index contributed by atoms with van der Waals surface area (Å²) in [5.74, 6) is -0.692. The van der Waals surface area contributed by atoms with Gasteiger partial charge in [-0.25, -0.2) is 18.2 Å². The lowest BCUT2D eigenvalue weighted by atomic mass is 9.69. The number of fused-ring (bicyclic) bond motifs is 2. The Morgan fingerprint density at radius 2 is 2.09 bits per heavy atom. The molecule has 6 atom stereocenters. The van der Waals surface area contributed by atoms with Crippen molar-refractivity contribution in [3.63, 3.8) is 0 Å². The smallest absolute Gasteiger partial charge is 0.319 e. The molecule has 4 fully saturated rings. The number of ether oxygens (including phenoxy) is 2. The number of alkyl halides is 2. The fourth-order valence-electron chi connectivity index (χ4n) is 6.05.